The molecular formula is C18H20N2O3. The van der Waals surface area contributed by atoms with Crippen LogP contribution in [0.5, 0.6) is 0 Å². The highest BCUT2D eigenvalue weighted by molar-refractivity contribution is 5.95. The summed E-state index contributed by atoms with van der Waals surface area (Å²) >= 11 is 0. The molecular weight excluding hydrogens is 292 g/mol. The van der Waals surface area contributed by atoms with E-state index in [-0.39, 0.29) is 12.5 Å². The highest BCUT2D eigenvalue weighted by Crippen LogP contribution is 2.14. The molecule has 0 bridgehead atoms. The van der Waals surface area contributed by atoms with Crippen LogP contribution in [0.15, 0.2) is 42.5 Å². The van der Waals surface area contributed by atoms with Crippen LogP contribution >= 0.6 is 0 Å². The van der Waals surface area contributed by atoms with Crippen molar-refractivity contribution in [2.45, 2.75) is 13.8 Å². The van der Waals surface area contributed by atoms with Crippen LogP contribution < -0.4 is 10.6 Å². The summed E-state index contributed by atoms with van der Waals surface area (Å²) in [4.78, 5) is 23.3. The van der Waals surface area contributed by atoms with E-state index < -0.39 is 5.97 Å². The van der Waals surface area contributed by atoms with Gasteiger partial charge in [-0.15, -0.1) is 0 Å². The fraction of sp³-hybridized carbons (Fsp3) is 0.222. The molecule has 0 atom stereocenters. The Labute approximate surface area is 135 Å². The van der Waals surface area contributed by atoms with Gasteiger partial charge >= 0.3 is 5.97 Å². The van der Waals surface area contributed by atoms with Crippen molar-refractivity contribution >= 4 is 23.3 Å². The van der Waals surface area contributed by atoms with Crippen LogP contribution in [-0.2, 0) is 9.53 Å². The zero-order valence-electron chi connectivity index (χ0n) is 13.5. The van der Waals surface area contributed by atoms with Crippen LogP contribution in [0.25, 0.3) is 0 Å². The zero-order chi connectivity index (χ0) is 16.8. The monoisotopic (exact) mass is 312 g/mol. The molecule has 0 aliphatic carbocycles. The Hall–Kier alpha value is -2.82. The predicted octanol–water partition coefficient (Wildman–Crippen LogP) is 3.14. The molecule has 0 heterocycles. The lowest BCUT2D eigenvalue weighted by Gasteiger charge is -2.09. The molecule has 0 aromatic heterocycles. The number of esters is 1. The molecule has 23 heavy (non-hydrogen) atoms. The van der Waals surface area contributed by atoms with Crippen molar-refractivity contribution in [3.63, 3.8) is 0 Å². The molecule has 2 aromatic carbocycles. The molecule has 5 nitrogen and oxygen atoms in total. The van der Waals surface area contributed by atoms with Crippen molar-refractivity contribution in [2.75, 3.05) is 24.3 Å². The molecule has 0 aliphatic heterocycles. The molecule has 2 aromatic rings. The molecule has 0 spiro atoms. The van der Waals surface area contributed by atoms with Gasteiger partial charge in [-0.3, -0.25) is 4.79 Å². The maximum Gasteiger partial charge on any atom is 0.337 e. The van der Waals surface area contributed by atoms with E-state index in [1.165, 1.54) is 18.2 Å². The smallest absolute Gasteiger partial charge is 0.337 e. The van der Waals surface area contributed by atoms with E-state index in [1.807, 2.05) is 32.0 Å². The highest BCUT2D eigenvalue weighted by atomic mass is 16.5. The van der Waals surface area contributed by atoms with Gasteiger partial charge in [-0.25, -0.2) is 4.79 Å². The SMILES string of the molecule is COC(=O)c1ccc(NC(=O)CNc2ccc(C)c(C)c2)cc1. The summed E-state index contributed by atoms with van der Waals surface area (Å²) < 4.78 is 4.63. The summed E-state index contributed by atoms with van der Waals surface area (Å²) in [6, 6.07) is 12.5. The molecule has 0 saturated carbocycles. The van der Waals surface area contributed by atoms with E-state index in [9.17, 15) is 9.59 Å². The lowest BCUT2D eigenvalue weighted by Crippen LogP contribution is -2.21. The van der Waals surface area contributed by atoms with Gasteiger partial charge in [0.05, 0.1) is 19.2 Å². The maximum absolute atomic E-state index is 11.9. The number of amides is 1. The number of carbonyl (C=O) groups excluding carboxylic acids is 2. The van der Waals surface area contributed by atoms with Crippen molar-refractivity contribution < 1.29 is 14.3 Å². The molecule has 0 saturated heterocycles. The second-order valence-corrected chi connectivity index (χ2v) is 5.27. The van der Waals surface area contributed by atoms with Gasteiger partial charge in [0.15, 0.2) is 0 Å². The van der Waals surface area contributed by atoms with Crippen molar-refractivity contribution in [3.8, 4) is 0 Å². The molecule has 120 valence electrons. The average Bonchev–Trinajstić information content (AvgIpc) is 2.56. The van der Waals surface area contributed by atoms with Gasteiger partial charge < -0.3 is 15.4 Å². The Morgan fingerprint density at radius 3 is 2.22 bits per heavy atom. The molecule has 1 amide bonds. The Balaban J connectivity index is 1.89. The number of aryl methyl sites for hydroxylation is 2. The van der Waals surface area contributed by atoms with Gasteiger partial charge in [-0.05, 0) is 61.4 Å². The van der Waals surface area contributed by atoms with Crippen LogP contribution in [-0.4, -0.2) is 25.5 Å². The van der Waals surface area contributed by atoms with E-state index >= 15 is 0 Å². The summed E-state index contributed by atoms with van der Waals surface area (Å²) in [5, 5.41) is 5.85. The lowest BCUT2D eigenvalue weighted by molar-refractivity contribution is -0.114. The third-order valence-electron chi connectivity index (χ3n) is 3.55. The molecule has 0 aliphatic rings. The molecule has 2 N–H and O–H groups in total. The summed E-state index contributed by atoms with van der Waals surface area (Å²) in [5.41, 5.74) is 4.37. The minimum absolute atomic E-state index is 0.158. The first kappa shape index (κ1) is 16.5. The van der Waals surface area contributed by atoms with E-state index in [0.717, 1.165) is 5.69 Å². The second kappa shape index (κ2) is 7.45. The number of rotatable bonds is 5. The maximum atomic E-state index is 11.9. The third kappa shape index (κ3) is 4.57. The van der Waals surface area contributed by atoms with Crippen LogP contribution in [0.4, 0.5) is 11.4 Å². The third-order valence-corrected chi connectivity index (χ3v) is 3.55. The number of anilines is 2. The van der Waals surface area contributed by atoms with E-state index in [1.54, 1.807) is 24.3 Å². The minimum atomic E-state index is -0.403. The Bertz CT molecular complexity index is 709. The number of benzene rings is 2. The normalized spacial score (nSPS) is 10.0. The number of carbonyl (C=O) groups is 2. The van der Waals surface area contributed by atoms with Crippen molar-refractivity contribution in [3.05, 3.63) is 59.2 Å². The first-order valence-corrected chi connectivity index (χ1v) is 7.29. The van der Waals surface area contributed by atoms with Crippen LogP contribution in [0.1, 0.15) is 21.5 Å². The number of hydrogen-bond donors (Lipinski definition) is 2. The van der Waals surface area contributed by atoms with Gasteiger partial charge in [0.1, 0.15) is 0 Å². The quantitative estimate of drug-likeness (QED) is 0.832. The van der Waals surface area contributed by atoms with Gasteiger partial charge in [0.2, 0.25) is 5.91 Å². The lowest BCUT2D eigenvalue weighted by atomic mass is 10.1. The first-order valence-electron chi connectivity index (χ1n) is 7.29. The number of methoxy groups -OCH3 is 1. The Morgan fingerprint density at radius 1 is 0.957 bits per heavy atom. The van der Waals surface area contributed by atoms with Gasteiger partial charge in [0.25, 0.3) is 0 Å². The fourth-order valence-electron chi connectivity index (χ4n) is 2.05. The van der Waals surface area contributed by atoms with Crippen LogP contribution in [0.2, 0.25) is 0 Å². The second-order valence-electron chi connectivity index (χ2n) is 5.27. The standard InChI is InChI=1S/C18H20N2O3/c1-12-4-7-16(10-13(12)2)19-11-17(21)20-15-8-5-14(6-9-15)18(22)23-3/h4-10,19H,11H2,1-3H3,(H,20,21). The average molecular weight is 312 g/mol. The highest BCUT2D eigenvalue weighted by Gasteiger charge is 2.06. The number of hydrogen-bond acceptors (Lipinski definition) is 4. The number of nitrogens with one attached hydrogen (secondary N) is 2. The van der Waals surface area contributed by atoms with Crippen LogP contribution in [0, 0.1) is 13.8 Å². The molecule has 0 radical (unpaired) electrons. The molecule has 2 rings (SSSR count). The first-order chi connectivity index (χ1) is 11.0. The van der Waals surface area contributed by atoms with E-state index in [0.29, 0.717) is 11.3 Å². The summed E-state index contributed by atoms with van der Waals surface area (Å²) in [7, 11) is 1.33. The van der Waals surface area contributed by atoms with E-state index in [4.69, 9.17) is 0 Å². The van der Waals surface area contributed by atoms with Crippen molar-refractivity contribution in [1.29, 1.82) is 0 Å². The molecule has 5 heteroatoms. The topological polar surface area (TPSA) is 67.4 Å². The predicted molar refractivity (Wildman–Crippen MR) is 90.8 cm³/mol. The zero-order valence-corrected chi connectivity index (χ0v) is 13.5. The van der Waals surface area contributed by atoms with Gasteiger partial charge in [-0.2, -0.15) is 0 Å². The van der Waals surface area contributed by atoms with Crippen LogP contribution in [0.3, 0.4) is 0 Å². The largest absolute Gasteiger partial charge is 0.465 e. The summed E-state index contributed by atoms with van der Waals surface area (Å²) in [6.45, 7) is 4.24. The minimum Gasteiger partial charge on any atom is -0.465 e. The van der Waals surface area contributed by atoms with Crippen molar-refractivity contribution in [2.24, 2.45) is 0 Å². The molecule has 0 fully saturated rings. The summed E-state index contributed by atoms with van der Waals surface area (Å²) in [5.74, 6) is -0.562. The van der Waals surface area contributed by atoms with E-state index in [2.05, 4.69) is 15.4 Å². The Kier molecular flexibility index (Phi) is 5.36. The number of ether oxygens (including phenoxy) is 1. The molecule has 0 unspecified atom stereocenters. The van der Waals surface area contributed by atoms with Gasteiger partial charge in [-0.1, -0.05) is 6.07 Å². The fourth-order valence-corrected chi connectivity index (χ4v) is 2.05. The van der Waals surface area contributed by atoms with Crippen molar-refractivity contribution in [1.82, 2.24) is 0 Å². The Morgan fingerprint density at radius 2 is 1.61 bits per heavy atom. The van der Waals surface area contributed by atoms with Gasteiger partial charge in [0, 0.05) is 11.4 Å². The summed E-state index contributed by atoms with van der Waals surface area (Å²) in [6.07, 6.45) is 0.